The number of nitrogens with zero attached hydrogens (tertiary/aromatic N) is 7. The van der Waals surface area contributed by atoms with Gasteiger partial charge in [0.15, 0.2) is 0 Å². The number of nitro groups is 1. The Bertz CT molecular complexity index is 1090. The number of amides is 2. The summed E-state index contributed by atoms with van der Waals surface area (Å²) in [5.41, 5.74) is 0.729. The largest absolute Gasteiger partial charge is 0.320 e. The fraction of sp³-hybridized carbons (Fsp3) is 0.267. The number of hydrogen-bond donors (Lipinski definition) is 2. The molecule has 3 aromatic rings. The van der Waals surface area contributed by atoms with E-state index in [1.807, 2.05) is 0 Å². The monoisotopic (exact) mass is 387 g/mol. The fourth-order valence-electron chi connectivity index (χ4n) is 2.61. The van der Waals surface area contributed by atoms with Gasteiger partial charge in [-0.2, -0.15) is 15.3 Å². The molecule has 0 unspecified atom stereocenters. The van der Waals surface area contributed by atoms with Crippen molar-refractivity contribution in [2.45, 2.75) is 6.92 Å². The highest BCUT2D eigenvalue weighted by Gasteiger charge is 2.28. The van der Waals surface area contributed by atoms with Crippen LogP contribution in [-0.2, 0) is 21.1 Å². The smallest absolute Gasteiger partial charge is 0.318 e. The Balaban J connectivity index is 1.88. The van der Waals surface area contributed by atoms with Crippen LogP contribution in [0.3, 0.4) is 0 Å². The zero-order valence-electron chi connectivity index (χ0n) is 15.5. The zero-order valence-corrected chi connectivity index (χ0v) is 15.5. The van der Waals surface area contributed by atoms with Crippen LogP contribution in [0, 0.1) is 17.0 Å². The maximum atomic E-state index is 12.7. The van der Waals surface area contributed by atoms with Gasteiger partial charge in [0.1, 0.15) is 11.9 Å². The Kier molecular flexibility index (Phi) is 4.65. The van der Waals surface area contributed by atoms with E-state index in [4.69, 9.17) is 0 Å². The average Bonchev–Trinajstić information content (AvgIpc) is 3.28. The van der Waals surface area contributed by atoms with E-state index < -0.39 is 22.4 Å². The molecule has 0 saturated carbocycles. The zero-order chi connectivity index (χ0) is 20.6. The summed E-state index contributed by atoms with van der Waals surface area (Å²) in [5, 5.41) is 28.1. The number of rotatable bonds is 5. The van der Waals surface area contributed by atoms with Crippen molar-refractivity contribution in [2.75, 3.05) is 10.6 Å². The van der Waals surface area contributed by atoms with Crippen molar-refractivity contribution in [2.24, 2.45) is 21.1 Å². The van der Waals surface area contributed by atoms with Gasteiger partial charge in [0.2, 0.25) is 5.69 Å². The summed E-state index contributed by atoms with van der Waals surface area (Å²) in [6.07, 6.45) is 3.77. The second-order valence-electron chi connectivity index (χ2n) is 5.97. The molecule has 3 heterocycles. The van der Waals surface area contributed by atoms with Crippen LogP contribution in [0.1, 0.15) is 26.7 Å². The third kappa shape index (κ3) is 3.20. The summed E-state index contributed by atoms with van der Waals surface area (Å²) in [6, 6.07) is 0. The Morgan fingerprint density at radius 2 is 1.39 bits per heavy atom. The van der Waals surface area contributed by atoms with Crippen molar-refractivity contribution in [3.8, 4) is 0 Å². The predicted molar refractivity (Wildman–Crippen MR) is 96.9 cm³/mol. The van der Waals surface area contributed by atoms with Gasteiger partial charge in [-0.1, -0.05) is 0 Å². The van der Waals surface area contributed by atoms with Gasteiger partial charge in [0.05, 0.1) is 34.4 Å². The number of nitrogens with one attached hydrogen (secondary N) is 2. The second kappa shape index (κ2) is 6.94. The molecule has 0 aromatic carbocycles. The van der Waals surface area contributed by atoms with Crippen LogP contribution in [0.5, 0.6) is 0 Å². The number of aromatic nitrogens is 6. The van der Waals surface area contributed by atoms with E-state index >= 15 is 0 Å². The van der Waals surface area contributed by atoms with Crippen LogP contribution in [0.4, 0.5) is 17.1 Å². The first-order valence-corrected chi connectivity index (χ1v) is 8.00. The lowest BCUT2D eigenvalue weighted by Crippen LogP contribution is -2.22. The first kappa shape index (κ1) is 18.8. The molecule has 0 radical (unpaired) electrons. The topological polar surface area (TPSA) is 155 Å². The summed E-state index contributed by atoms with van der Waals surface area (Å²) in [7, 11) is 4.68. The number of aryl methyl sites for hydroxylation is 3. The maximum Gasteiger partial charge on any atom is 0.320 e. The van der Waals surface area contributed by atoms with Crippen molar-refractivity contribution in [3.63, 3.8) is 0 Å². The van der Waals surface area contributed by atoms with E-state index in [1.165, 1.54) is 31.2 Å². The Morgan fingerprint density at radius 3 is 2.00 bits per heavy atom. The molecule has 0 atom stereocenters. The van der Waals surface area contributed by atoms with E-state index in [1.54, 1.807) is 18.7 Å². The van der Waals surface area contributed by atoms with E-state index in [0.29, 0.717) is 5.69 Å². The number of hydrogen-bond acceptors (Lipinski definition) is 7. The highest BCUT2D eigenvalue weighted by atomic mass is 16.6. The summed E-state index contributed by atoms with van der Waals surface area (Å²) in [4.78, 5) is 35.7. The molecule has 2 amide bonds. The minimum atomic E-state index is -0.786. The highest BCUT2D eigenvalue weighted by Crippen LogP contribution is 2.22. The van der Waals surface area contributed by atoms with Crippen LogP contribution in [-0.4, -0.2) is 46.1 Å². The van der Waals surface area contributed by atoms with Crippen molar-refractivity contribution in [1.82, 2.24) is 29.3 Å². The van der Waals surface area contributed by atoms with Crippen molar-refractivity contribution in [3.05, 3.63) is 45.8 Å². The molecule has 0 fully saturated rings. The normalized spacial score (nSPS) is 10.7. The molecule has 0 aliphatic carbocycles. The molecule has 28 heavy (non-hydrogen) atoms. The quantitative estimate of drug-likeness (QED) is 0.480. The second-order valence-corrected chi connectivity index (χ2v) is 5.97. The molecule has 13 heteroatoms. The molecule has 0 bridgehead atoms. The van der Waals surface area contributed by atoms with E-state index in [0.717, 1.165) is 16.6 Å². The molecule has 0 aliphatic rings. The molecule has 3 aromatic heterocycles. The molecule has 0 aliphatic heterocycles. The summed E-state index contributed by atoms with van der Waals surface area (Å²) < 4.78 is 3.97. The molecule has 146 valence electrons. The van der Waals surface area contributed by atoms with Gasteiger partial charge < -0.3 is 10.6 Å². The fourth-order valence-corrected chi connectivity index (χ4v) is 2.61. The standard InChI is InChI=1S/C15H17N9O4/c1-8-9(5-16-21(8)2)19-14(25)12-10(6-17-22(12)3)20-15(26)13-11(24(27)28)7-18-23(13)4/h5-7H,1-4H3,(H,19,25)(H,20,26). The molecule has 0 spiro atoms. The van der Waals surface area contributed by atoms with Gasteiger partial charge in [-0.05, 0) is 6.92 Å². The average molecular weight is 387 g/mol. The summed E-state index contributed by atoms with van der Waals surface area (Å²) in [5.74, 6) is -1.31. The molecular formula is C15H17N9O4. The van der Waals surface area contributed by atoms with Crippen molar-refractivity contribution >= 4 is 28.9 Å². The summed E-state index contributed by atoms with van der Waals surface area (Å²) >= 11 is 0. The SMILES string of the molecule is Cc1c(NC(=O)c2c(NC(=O)c3c([N+](=O)[O-])cnn3C)cnn2C)cnn1C. The van der Waals surface area contributed by atoms with E-state index in [2.05, 4.69) is 25.9 Å². The van der Waals surface area contributed by atoms with E-state index in [-0.39, 0.29) is 17.1 Å². The van der Waals surface area contributed by atoms with Crippen LogP contribution in [0.2, 0.25) is 0 Å². The Morgan fingerprint density at radius 1 is 0.893 bits per heavy atom. The van der Waals surface area contributed by atoms with Gasteiger partial charge in [-0.25, -0.2) is 0 Å². The van der Waals surface area contributed by atoms with E-state index in [9.17, 15) is 19.7 Å². The Labute approximate surface area is 158 Å². The first-order chi connectivity index (χ1) is 13.2. The first-order valence-electron chi connectivity index (χ1n) is 8.00. The third-order valence-electron chi connectivity index (χ3n) is 4.22. The minimum Gasteiger partial charge on any atom is -0.318 e. The lowest BCUT2D eigenvalue weighted by atomic mass is 10.3. The molecule has 3 rings (SSSR count). The molecule has 2 N–H and O–H groups in total. The Hall–Kier alpha value is -4.03. The van der Waals surface area contributed by atoms with Gasteiger partial charge in [0, 0.05) is 21.1 Å². The molecule has 0 saturated heterocycles. The van der Waals surface area contributed by atoms with Gasteiger partial charge in [0.25, 0.3) is 11.8 Å². The van der Waals surface area contributed by atoms with Gasteiger partial charge in [-0.3, -0.25) is 33.7 Å². The maximum absolute atomic E-state index is 12.7. The minimum absolute atomic E-state index is 0.0708. The summed E-state index contributed by atoms with van der Waals surface area (Å²) in [6.45, 7) is 1.79. The third-order valence-corrected chi connectivity index (χ3v) is 4.22. The van der Waals surface area contributed by atoms with Gasteiger partial charge in [-0.15, -0.1) is 0 Å². The van der Waals surface area contributed by atoms with Gasteiger partial charge >= 0.3 is 5.69 Å². The van der Waals surface area contributed by atoms with Crippen LogP contribution in [0.25, 0.3) is 0 Å². The van der Waals surface area contributed by atoms with Crippen molar-refractivity contribution < 1.29 is 14.5 Å². The van der Waals surface area contributed by atoms with Crippen LogP contribution < -0.4 is 10.6 Å². The lowest BCUT2D eigenvalue weighted by Gasteiger charge is -2.09. The number of carbonyl (C=O) groups excluding carboxylic acids is 2. The molecule has 13 nitrogen and oxygen atoms in total. The predicted octanol–water partition coefficient (Wildman–Crippen LogP) is 0.608. The van der Waals surface area contributed by atoms with Crippen LogP contribution in [0.15, 0.2) is 18.6 Å². The van der Waals surface area contributed by atoms with Crippen molar-refractivity contribution in [1.29, 1.82) is 0 Å². The number of carbonyl (C=O) groups is 2. The highest BCUT2D eigenvalue weighted by molar-refractivity contribution is 6.12. The molecular weight excluding hydrogens is 370 g/mol. The number of anilines is 2. The lowest BCUT2D eigenvalue weighted by molar-refractivity contribution is -0.385. The van der Waals surface area contributed by atoms with Crippen LogP contribution >= 0.6 is 0 Å².